The summed E-state index contributed by atoms with van der Waals surface area (Å²) in [5.74, 6) is 0. The van der Waals surface area contributed by atoms with Crippen LogP contribution in [0.25, 0.3) is 0 Å². The summed E-state index contributed by atoms with van der Waals surface area (Å²) >= 11 is 4.74. The molecule has 0 amide bonds. The van der Waals surface area contributed by atoms with Gasteiger partial charge >= 0.3 is 0 Å². The van der Waals surface area contributed by atoms with Crippen molar-refractivity contribution in [1.29, 1.82) is 0 Å². The summed E-state index contributed by atoms with van der Waals surface area (Å²) in [5.41, 5.74) is 0. The molecule has 0 spiro atoms. The topological polar surface area (TPSA) is 0 Å². The van der Waals surface area contributed by atoms with Gasteiger partial charge in [-0.2, -0.15) is 0 Å². The molecule has 0 aromatic carbocycles. The zero-order chi connectivity index (χ0) is 5.54. The highest BCUT2D eigenvalue weighted by Gasteiger charge is 1.78. The highest BCUT2D eigenvalue weighted by Crippen LogP contribution is 2.00. The van der Waals surface area contributed by atoms with Gasteiger partial charge in [0.15, 0.2) is 0 Å². The SMILES string of the molecule is CCCCCP=S. The number of hydrogen-bond acceptors (Lipinski definition) is 1. The molecule has 0 atom stereocenters. The molecule has 0 heterocycles. The van der Waals surface area contributed by atoms with Crippen LogP contribution in [0.15, 0.2) is 0 Å². The van der Waals surface area contributed by atoms with Crippen LogP contribution in [-0.4, -0.2) is 6.16 Å². The summed E-state index contributed by atoms with van der Waals surface area (Å²) in [7, 11) is 1.14. The second kappa shape index (κ2) is 6.52. The summed E-state index contributed by atoms with van der Waals surface area (Å²) in [6.07, 6.45) is 5.19. The molecule has 0 aromatic heterocycles. The van der Waals surface area contributed by atoms with E-state index >= 15 is 0 Å². The fourth-order valence-corrected chi connectivity index (χ4v) is 1.17. The Morgan fingerprint density at radius 1 is 1.43 bits per heavy atom. The third-order valence-electron chi connectivity index (χ3n) is 0.853. The molecule has 0 aromatic rings. The summed E-state index contributed by atoms with van der Waals surface area (Å²) < 4.78 is 0. The smallest absolute Gasteiger partial charge is 0.000157 e. The Kier molecular flexibility index (Phi) is 7.00. The Hall–Kier alpha value is 0.520. The highest BCUT2D eigenvalue weighted by molar-refractivity contribution is 7.96. The molecule has 0 saturated heterocycles. The zero-order valence-electron chi connectivity index (χ0n) is 4.68. The maximum absolute atomic E-state index is 4.74. The second-order valence-electron chi connectivity index (χ2n) is 1.56. The average molecular weight is 134 g/mol. The van der Waals surface area contributed by atoms with Gasteiger partial charge in [-0.05, 0) is 19.9 Å². The molecule has 0 unspecified atom stereocenters. The van der Waals surface area contributed by atoms with Crippen molar-refractivity contribution in [3.05, 3.63) is 0 Å². The molecule has 0 aliphatic carbocycles. The van der Waals surface area contributed by atoms with Crippen molar-refractivity contribution >= 4 is 19.2 Å². The molecule has 0 aliphatic rings. The third kappa shape index (κ3) is 6.52. The van der Waals surface area contributed by atoms with Crippen LogP contribution in [0.3, 0.4) is 0 Å². The Labute approximate surface area is 52.1 Å². The van der Waals surface area contributed by atoms with E-state index in [0.717, 1.165) is 7.36 Å². The van der Waals surface area contributed by atoms with Crippen molar-refractivity contribution in [3.8, 4) is 0 Å². The Morgan fingerprint density at radius 3 is 2.57 bits per heavy atom. The van der Waals surface area contributed by atoms with E-state index in [1.807, 2.05) is 0 Å². The monoisotopic (exact) mass is 134 g/mol. The predicted octanol–water partition coefficient (Wildman–Crippen LogP) is 2.58. The molecule has 0 nitrogen and oxygen atoms in total. The fraction of sp³-hybridized carbons (Fsp3) is 1.00. The molecule has 2 heteroatoms. The quantitative estimate of drug-likeness (QED) is 0.420. The minimum Gasteiger partial charge on any atom is -0.0654 e. The lowest BCUT2D eigenvalue weighted by Gasteiger charge is -1.86. The highest BCUT2D eigenvalue weighted by atomic mass is 32.4. The van der Waals surface area contributed by atoms with Crippen molar-refractivity contribution in [2.75, 3.05) is 6.16 Å². The lowest BCUT2D eigenvalue weighted by atomic mass is 10.3. The van der Waals surface area contributed by atoms with Crippen LogP contribution >= 0.6 is 7.36 Å². The van der Waals surface area contributed by atoms with Crippen molar-refractivity contribution in [1.82, 2.24) is 0 Å². The van der Waals surface area contributed by atoms with Gasteiger partial charge in [-0.25, -0.2) is 0 Å². The maximum atomic E-state index is 4.74. The van der Waals surface area contributed by atoms with Crippen molar-refractivity contribution in [2.45, 2.75) is 26.2 Å². The molecular formula is C5H11PS. The van der Waals surface area contributed by atoms with Crippen LogP contribution in [-0.2, 0) is 11.8 Å². The number of hydrogen-bond donors (Lipinski definition) is 0. The van der Waals surface area contributed by atoms with Gasteiger partial charge in [0.1, 0.15) is 0 Å². The van der Waals surface area contributed by atoms with Gasteiger partial charge in [0.2, 0.25) is 0 Å². The molecule has 7 heavy (non-hydrogen) atoms. The van der Waals surface area contributed by atoms with Crippen molar-refractivity contribution in [2.24, 2.45) is 0 Å². The van der Waals surface area contributed by atoms with Gasteiger partial charge in [-0.3, -0.25) is 0 Å². The van der Waals surface area contributed by atoms with E-state index in [0.29, 0.717) is 0 Å². The molecule has 0 rings (SSSR count). The van der Waals surface area contributed by atoms with Gasteiger partial charge in [-0.1, -0.05) is 31.6 Å². The Balaban J connectivity index is 2.56. The molecule has 42 valence electrons. The molecule has 0 bridgehead atoms. The lowest BCUT2D eigenvalue weighted by molar-refractivity contribution is 0.778. The minimum atomic E-state index is 1.14. The molecule has 0 radical (unpaired) electrons. The molecule has 0 N–H and O–H groups in total. The molecule has 0 aliphatic heterocycles. The standard InChI is InChI=1S/C5H11PS/c1-2-3-4-5-6-7/h2-5H2,1H3. The molecule has 0 saturated carbocycles. The normalized spacial score (nSPS) is 9.86. The van der Waals surface area contributed by atoms with E-state index in [9.17, 15) is 0 Å². The van der Waals surface area contributed by atoms with E-state index in [1.165, 1.54) is 25.4 Å². The van der Waals surface area contributed by atoms with Crippen LogP contribution in [0, 0.1) is 0 Å². The third-order valence-corrected chi connectivity index (χ3v) is 1.90. The minimum absolute atomic E-state index is 1.14. The summed E-state index contributed by atoms with van der Waals surface area (Å²) in [6, 6.07) is 0. The van der Waals surface area contributed by atoms with Crippen molar-refractivity contribution in [3.63, 3.8) is 0 Å². The first kappa shape index (κ1) is 7.52. The van der Waals surface area contributed by atoms with E-state index in [-0.39, 0.29) is 0 Å². The Bertz CT molecular complexity index is 45.3. The van der Waals surface area contributed by atoms with E-state index in [4.69, 9.17) is 11.8 Å². The molecule has 0 fully saturated rings. The maximum Gasteiger partial charge on any atom is -0.000157 e. The van der Waals surface area contributed by atoms with Gasteiger partial charge in [0, 0.05) is 0 Å². The van der Waals surface area contributed by atoms with Gasteiger partial charge in [0.05, 0.1) is 0 Å². The summed E-state index contributed by atoms with van der Waals surface area (Å²) in [6.45, 7) is 2.21. The van der Waals surface area contributed by atoms with E-state index in [2.05, 4.69) is 6.92 Å². The van der Waals surface area contributed by atoms with Crippen molar-refractivity contribution < 1.29 is 0 Å². The number of rotatable bonds is 4. The van der Waals surface area contributed by atoms with Gasteiger partial charge in [-0.15, -0.1) is 0 Å². The first-order chi connectivity index (χ1) is 3.41. The largest absolute Gasteiger partial charge is 0.0654 e. The van der Waals surface area contributed by atoms with Crippen LogP contribution in [0.5, 0.6) is 0 Å². The first-order valence-corrected chi connectivity index (χ1v) is 4.80. The summed E-state index contributed by atoms with van der Waals surface area (Å²) in [4.78, 5) is 0. The van der Waals surface area contributed by atoms with Gasteiger partial charge < -0.3 is 0 Å². The summed E-state index contributed by atoms with van der Waals surface area (Å²) in [5, 5.41) is 0. The van der Waals surface area contributed by atoms with Crippen LogP contribution in [0.1, 0.15) is 26.2 Å². The fourth-order valence-electron chi connectivity index (χ4n) is 0.426. The number of unbranched alkanes of at least 4 members (excludes halogenated alkanes) is 2. The first-order valence-electron chi connectivity index (χ1n) is 2.71. The van der Waals surface area contributed by atoms with Gasteiger partial charge in [0.25, 0.3) is 0 Å². The lowest BCUT2D eigenvalue weighted by Crippen LogP contribution is -1.71. The zero-order valence-corrected chi connectivity index (χ0v) is 6.39. The van der Waals surface area contributed by atoms with E-state index < -0.39 is 0 Å². The second-order valence-corrected chi connectivity index (χ2v) is 3.04. The van der Waals surface area contributed by atoms with Crippen LogP contribution in [0.4, 0.5) is 0 Å². The van der Waals surface area contributed by atoms with Crippen LogP contribution < -0.4 is 0 Å². The average Bonchev–Trinajstić information content (AvgIpc) is 1.69. The predicted molar refractivity (Wildman–Crippen MR) is 38.7 cm³/mol. The molecular weight excluding hydrogens is 123 g/mol. The van der Waals surface area contributed by atoms with Crippen LogP contribution in [0.2, 0.25) is 0 Å². The van der Waals surface area contributed by atoms with E-state index in [1.54, 1.807) is 0 Å². The Morgan fingerprint density at radius 2 is 2.14 bits per heavy atom.